The van der Waals surface area contributed by atoms with E-state index in [1.807, 2.05) is 30.3 Å². The SMILES string of the molecule is O=C(O)[C@@H]1CCC[C@H]1Sc1ccccc1. The minimum atomic E-state index is -0.638. The van der Waals surface area contributed by atoms with Gasteiger partial charge in [-0.15, -0.1) is 11.8 Å². The van der Waals surface area contributed by atoms with Crippen LogP contribution in [0.25, 0.3) is 0 Å². The molecule has 0 amide bonds. The predicted octanol–water partition coefficient (Wildman–Crippen LogP) is 3.03. The van der Waals surface area contributed by atoms with Crippen LogP contribution in [0.15, 0.2) is 35.2 Å². The van der Waals surface area contributed by atoms with Gasteiger partial charge in [-0.3, -0.25) is 4.79 Å². The fraction of sp³-hybridized carbons (Fsp3) is 0.417. The fourth-order valence-corrected chi connectivity index (χ4v) is 3.39. The third kappa shape index (κ3) is 2.53. The van der Waals surface area contributed by atoms with Crippen molar-refractivity contribution >= 4 is 17.7 Å². The zero-order valence-electron chi connectivity index (χ0n) is 8.43. The Morgan fingerprint density at radius 3 is 2.67 bits per heavy atom. The van der Waals surface area contributed by atoms with Gasteiger partial charge in [-0.25, -0.2) is 0 Å². The summed E-state index contributed by atoms with van der Waals surface area (Å²) in [6, 6.07) is 10.1. The first kappa shape index (κ1) is 10.6. The van der Waals surface area contributed by atoms with Gasteiger partial charge in [0.2, 0.25) is 0 Å². The number of benzene rings is 1. The Hall–Kier alpha value is -0.960. The smallest absolute Gasteiger partial charge is 0.307 e. The van der Waals surface area contributed by atoms with Crippen LogP contribution in [0.3, 0.4) is 0 Å². The minimum absolute atomic E-state index is 0.157. The molecule has 80 valence electrons. The lowest BCUT2D eigenvalue weighted by molar-refractivity contribution is -0.141. The molecule has 0 saturated heterocycles. The molecule has 0 bridgehead atoms. The second-order valence-electron chi connectivity index (χ2n) is 3.84. The van der Waals surface area contributed by atoms with Crippen molar-refractivity contribution in [3.8, 4) is 0 Å². The minimum Gasteiger partial charge on any atom is -0.481 e. The molecule has 1 aliphatic rings. The highest BCUT2D eigenvalue weighted by Gasteiger charge is 2.33. The van der Waals surface area contributed by atoms with Crippen molar-refractivity contribution in [3.05, 3.63) is 30.3 Å². The highest BCUT2D eigenvalue weighted by Crippen LogP contribution is 2.38. The number of rotatable bonds is 3. The van der Waals surface area contributed by atoms with Crippen LogP contribution in [-0.4, -0.2) is 16.3 Å². The summed E-state index contributed by atoms with van der Waals surface area (Å²) >= 11 is 1.71. The highest BCUT2D eigenvalue weighted by atomic mass is 32.2. The number of thioether (sulfide) groups is 1. The molecule has 1 aromatic carbocycles. The van der Waals surface area contributed by atoms with Crippen LogP contribution in [0.1, 0.15) is 19.3 Å². The van der Waals surface area contributed by atoms with Gasteiger partial charge in [0.1, 0.15) is 0 Å². The van der Waals surface area contributed by atoms with Crippen LogP contribution in [-0.2, 0) is 4.79 Å². The monoisotopic (exact) mass is 222 g/mol. The lowest BCUT2D eigenvalue weighted by atomic mass is 10.1. The molecule has 0 aliphatic heterocycles. The molecule has 2 rings (SSSR count). The number of hydrogen-bond donors (Lipinski definition) is 1. The van der Waals surface area contributed by atoms with Crippen molar-refractivity contribution in [1.29, 1.82) is 0 Å². The van der Waals surface area contributed by atoms with E-state index in [2.05, 4.69) is 0 Å². The number of carboxylic acid groups (broad SMARTS) is 1. The van der Waals surface area contributed by atoms with Gasteiger partial charge in [0.25, 0.3) is 0 Å². The Balaban J connectivity index is 2.03. The molecule has 0 heterocycles. The first-order valence-corrected chi connectivity index (χ1v) is 6.10. The molecule has 1 N–H and O–H groups in total. The summed E-state index contributed by atoms with van der Waals surface area (Å²) in [5.41, 5.74) is 0. The molecule has 2 nitrogen and oxygen atoms in total. The van der Waals surface area contributed by atoms with Gasteiger partial charge >= 0.3 is 5.97 Å². The normalized spacial score (nSPS) is 25.3. The van der Waals surface area contributed by atoms with Gasteiger partial charge in [0.05, 0.1) is 5.92 Å². The fourth-order valence-electron chi connectivity index (χ4n) is 2.02. The average Bonchev–Trinajstić information content (AvgIpc) is 2.67. The standard InChI is InChI=1S/C12H14O2S/c13-12(14)10-7-4-8-11(10)15-9-5-2-1-3-6-9/h1-3,5-6,10-11H,4,7-8H2,(H,13,14)/t10-,11-/m1/s1. The predicted molar refractivity (Wildman–Crippen MR) is 61.1 cm³/mol. The van der Waals surface area contributed by atoms with Crippen LogP contribution in [0.4, 0.5) is 0 Å². The molecule has 1 aromatic rings. The second-order valence-corrected chi connectivity index (χ2v) is 5.16. The molecule has 0 unspecified atom stereocenters. The number of carbonyl (C=O) groups is 1. The van der Waals surface area contributed by atoms with Gasteiger partial charge in [-0.2, -0.15) is 0 Å². The maximum absolute atomic E-state index is 11.0. The Bertz CT molecular complexity index is 337. The molecule has 2 atom stereocenters. The van der Waals surface area contributed by atoms with E-state index in [1.54, 1.807) is 11.8 Å². The zero-order valence-corrected chi connectivity index (χ0v) is 9.24. The second kappa shape index (κ2) is 4.71. The Morgan fingerprint density at radius 2 is 2.00 bits per heavy atom. The van der Waals surface area contributed by atoms with Crippen LogP contribution >= 0.6 is 11.8 Å². The molecular weight excluding hydrogens is 208 g/mol. The van der Waals surface area contributed by atoms with Crippen molar-refractivity contribution in [2.24, 2.45) is 5.92 Å². The van der Waals surface area contributed by atoms with Gasteiger partial charge in [0.15, 0.2) is 0 Å². The Kier molecular flexibility index (Phi) is 3.31. The largest absolute Gasteiger partial charge is 0.481 e. The molecule has 15 heavy (non-hydrogen) atoms. The highest BCUT2D eigenvalue weighted by molar-refractivity contribution is 8.00. The molecule has 1 aliphatic carbocycles. The summed E-state index contributed by atoms with van der Waals surface area (Å²) in [5.74, 6) is -0.795. The van der Waals surface area contributed by atoms with Gasteiger partial charge in [0, 0.05) is 10.1 Å². The van der Waals surface area contributed by atoms with Crippen molar-refractivity contribution < 1.29 is 9.90 Å². The molecule has 0 aromatic heterocycles. The van der Waals surface area contributed by atoms with Crippen molar-refractivity contribution in [3.63, 3.8) is 0 Å². The average molecular weight is 222 g/mol. The van der Waals surface area contributed by atoms with Crippen LogP contribution in [0.2, 0.25) is 0 Å². The van der Waals surface area contributed by atoms with Gasteiger partial charge in [-0.05, 0) is 25.0 Å². The van der Waals surface area contributed by atoms with E-state index in [1.165, 1.54) is 4.90 Å². The Morgan fingerprint density at radius 1 is 1.27 bits per heavy atom. The van der Waals surface area contributed by atoms with Crippen LogP contribution < -0.4 is 0 Å². The lowest BCUT2D eigenvalue weighted by Crippen LogP contribution is -2.19. The summed E-state index contributed by atoms with van der Waals surface area (Å²) in [6.45, 7) is 0. The van der Waals surface area contributed by atoms with Gasteiger partial charge in [-0.1, -0.05) is 24.6 Å². The summed E-state index contributed by atoms with van der Waals surface area (Å²) in [6.07, 6.45) is 2.90. The molecule has 0 spiro atoms. The topological polar surface area (TPSA) is 37.3 Å². The summed E-state index contributed by atoms with van der Waals surface area (Å²) in [4.78, 5) is 12.2. The molecule has 1 fully saturated rings. The van der Waals surface area contributed by atoms with E-state index in [9.17, 15) is 4.79 Å². The quantitative estimate of drug-likeness (QED) is 0.854. The van der Waals surface area contributed by atoms with Gasteiger partial charge < -0.3 is 5.11 Å². The third-order valence-electron chi connectivity index (χ3n) is 2.80. The lowest BCUT2D eigenvalue weighted by Gasteiger charge is -2.14. The van der Waals surface area contributed by atoms with Crippen molar-refractivity contribution in [2.75, 3.05) is 0 Å². The maximum Gasteiger partial charge on any atom is 0.307 e. The van der Waals surface area contributed by atoms with Crippen molar-refractivity contribution in [2.45, 2.75) is 29.4 Å². The molecule has 3 heteroatoms. The van der Waals surface area contributed by atoms with Crippen molar-refractivity contribution in [1.82, 2.24) is 0 Å². The third-order valence-corrected chi connectivity index (χ3v) is 4.21. The molecule has 1 saturated carbocycles. The first-order chi connectivity index (χ1) is 7.27. The Labute approximate surface area is 93.7 Å². The van der Waals surface area contributed by atoms with Crippen LogP contribution in [0, 0.1) is 5.92 Å². The first-order valence-electron chi connectivity index (χ1n) is 5.22. The summed E-state index contributed by atoms with van der Waals surface area (Å²) < 4.78 is 0. The van der Waals surface area contributed by atoms with E-state index >= 15 is 0 Å². The summed E-state index contributed by atoms with van der Waals surface area (Å²) in [7, 11) is 0. The maximum atomic E-state index is 11.0. The zero-order chi connectivity index (χ0) is 10.7. The van der Waals surface area contributed by atoms with Crippen LogP contribution in [0.5, 0.6) is 0 Å². The van der Waals surface area contributed by atoms with E-state index in [0.29, 0.717) is 0 Å². The number of aliphatic carboxylic acids is 1. The number of carboxylic acids is 1. The summed E-state index contributed by atoms with van der Waals surface area (Å²) in [5, 5.41) is 9.30. The van der Waals surface area contributed by atoms with E-state index in [-0.39, 0.29) is 11.2 Å². The van der Waals surface area contributed by atoms with E-state index < -0.39 is 5.97 Å². The van der Waals surface area contributed by atoms with E-state index in [4.69, 9.17) is 5.11 Å². The van der Waals surface area contributed by atoms with E-state index in [0.717, 1.165) is 19.3 Å². The molecule has 0 radical (unpaired) electrons. The number of hydrogen-bond acceptors (Lipinski definition) is 2. The molecular formula is C12H14O2S.